The van der Waals surface area contributed by atoms with Crippen molar-refractivity contribution in [3.05, 3.63) is 94.0 Å². The largest absolute Gasteiger partial charge is 0.324 e. The van der Waals surface area contributed by atoms with E-state index in [4.69, 9.17) is 0 Å². The number of anilines is 2. The first kappa shape index (κ1) is 22.0. The van der Waals surface area contributed by atoms with Gasteiger partial charge in [-0.2, -0.15) is 0 Å². The number of hydrogen-bond donors (Lipinski definition) is 1. The Morgan fingerprint density at radius 2 is 1.68 bits per heavy atom. The van der Waals surface area contributed by atoms with E-state index in [0.29, 0.717) is 11.3 Å². The lowest BCUT2D eigenvalue weighted by Crippen LogP contribution is -2.38. The summed E-state index contributed by atoms with van der Waals surface area (Å²) in [6, 6.07) is 18.7. The Kier molecular flexibility index (Phi) is 6.36. The second-order valence-corrected chi connectivity index (χ2v) is 8.83. The van der Waals surface area contributed by atoms with Crippen LogP contribution in [0.5, 0.6) is 0 Å². The fraction of sp³-hybridized carbons (Fsp3) is 0.136. The minimum atomic E-state index is -4.04. The van der Waals surface area contributed by atoms with Crippen molar-refractivity contribution in [1.82, 2.24) is 0 Å². The molecule has 0 aliphatic rings. The van der Waals surface area contributed by atoms with Crippen LogP contribution >= 0.6 is 0 Å². The molecule has 0 unspecified atom stereocenters. The van der Waals surface area contributed by atoms with Gasteiger partial charge in [-0.1, -0.05) is 42.0 Å². The van der Waals surface area contributed by atoms with Crippen LogP contribution in [0.1, 0.15) is 11.1 Å². The number of carbonyl (C=O) groups excluding carboxylic acids is 1. The Morgan fingerprint density at radius 1 is 1.00 bits per heavy atom. The number of nitrogens with one attached hydrogen (secondary N) is 1. The molecular formula is C22H21N3O5S. The van der Waals surface area contributed by atoms with E-state index in [9.17, 15) is 23.3 Å². The Hall–Kier alpha value is -3.72. The van der Waals surface area contributed by atoms with Gasteiger partial charge in [0.05, 0.1) is 15.5 Å². The highest BCUT2D eigenvalue weighted by atomic mass is 32.2. The van der Waals surface area contributed by atoms with Crippen LogP contribution in [0.3, 0.4) is 0 Å². The molecule has 0 saturated heterocycles. The van der Waals surface area contributed by atoms with Crippen LogP contribution in [0.4, 0.5) is 17.1 Å². The number of non-ortho nitro benzene ring substituents is 1. The molecule has 8 nitrogen and oxygen atoms in total. The molecule has 3 aromatic rings. The van der Waals surface area contributed by atoms with Gasteiger partial charge in [0, 0.05) is 17.8 Å². The Bertz CT molecular complexity index is 1220. The number of nitro groups is 1. The van der Waals surface area contributed by atoms with Gasteiger partial charge >= 0.3 is 0 Å². The standard InChI is InChI=1S/C22H21N3O5S/c1-16-10-12-20(13-11-16)31(29,30)24(21-9-4-3-6-17(21)2)15-22(26)23-18-7-5-8-19(14-18)25(27)28/h3-14H,15H2,1-2H3,(H,23,26). The lowest BCUT2D eigenvalue weighted by molar-refractivity contribution is -0.384. The third kappa shape index (κ3) is 5.07. The predicted molar refractivity (Wildman–Crippen MR) is 119 cm³/mol. The Labute approximate surface area is 180 Å². The van der Waals surface area contributed by atoms with Crippen LogP contribution in [0, 0.1) is 24.0 Å². The first-order valence-corrected chi connectivity index (χ1v) is 10.8. The minimum absolute atomic E-state index is 0.0597. The average molecular weight is 439 g/mol. The van der Waals surface area contributed by atoms with Gasteiger partial charge in [0.25, 0.3) is 15.7 Å². The fourth-order valence-electron chi connectivity index (χ4n) is 3.01. The zero-order chi connectivity index (χ0) is 22.6. The number of benzene rings is 3. The number of rotatable bonds is 7. The summed E-state index contributed by atoms with van der Waals surface area (Å²) in [5, 5.41) is 13.5. The zero-order valence-electron chi connectivity index (χ0n) is 17.0. The van der Waals surface area contributed by atoms with Crippen molar-refractivity contribution in [3.63, 3.8) is 0 Å². The number of hydrogen-bond acceptors (Lipinski definition) is 5. The van der Waals surface area contributed by atoms with Crippen LogP contribution in [-0.4, -0.2) is 25.8 Å². The maximum Gasteiger partial charge on any atom is 0.271 e. The molecule has 0 aliphatic carbocycles. The topological polar surface area (TPSA) is 110 Å². The fourth-order valence-corrected chi connectivity index (χ4v) is 4.49. The lowest BCUT2D eigenvalue weighted by Gasteiger charge is -2.25. The van der Waals surface area contributed by atoms with Gasteiger partial charge in [-0.15, -0.1) is 0 Å². The SMILES string of the molecule is Cc1ccc(S(=O)(=O)N(CC(=O)Nc2cccc([N+](=O)[O-])c2)c2ccccc2C)cc1. The van der Waals surface area contributed by atoms with Gasteiger partial charge in [0.1, 0.15) is 6.54 Å². The molecule has 0 aromatic heterocycles. The van der Waals surface area contributed by atoms with E-state index in [2.05, 4.69) is 5.32 Å². The summed E-state index contributed by atoms with van der Waals surface area (Å²) in [5.74, 6) is -0.626. The molecule has 1 N–H and O–H groups in total. The van der Waals surface area contributed by atoms with Gasteiger partial charge in [0.15, 0.2) is 0 Å². The van der Waals surface area contributed by atoms with Gasteiger partial charge < -0.3 is 5.32 Å². The molecule has 3 rings (SSSR count). The number of carbonyl (C=O) groups is 1. The minimum Gasteiger partial charge on any atom is -0.324 e. The van der Waals surface area contributed by atoms with E-state index in [1.54, 1.807) is 43.3 Å². The van der Waals surface area contributed by atoms with Crippen molar-refractivity contribution in [2.45, 2.75) is 18.7 Å². The molecule has 0 aliphatic heterocycles. The third-order valence-electron chi connectivity index (χ3n) is 4.62. The van der Waals surface area contributed by atoms with E-state index in [1.807, 2.05) is 6.92 Å². The molecule has 0 saturated carbocycles. The first-order valence-electron chi connectivity index (χ1n) is 9.38. The maximum atomic E-state index is 13.4. The molecule has 3 aromatic carbocycles. The van der Waals surface area contributed by atoms with Crippen LogP contribution < -0.4 is 9.62 Å². The van der Waals surface area contributed by atoms with Crippen LogP contribution in [-0.2, 0) is 14.8 Å². The van der Waals surface area contributed by atoms with Crippen LogP contribution in [0.25, 0.3) is 0 Å². The summed E-state index contributed by atoms with van der Waals surface area (Å²) in [5.41, 5.74) is 1.99. The number of nitro benzene ring substituents is 1. The van der Waals surface area contributed by atoms with Gasteiger partial charge in [-0.25, -0.2) is 8.42 Å². The van der Waals surface area contributed by atoms with E-state index in [0.717, 1.165) is 9.87 Å². The summed E-state index contributed by atoms with van der Waals surface area (Å²) in [4.78, 5) is 23.2. The third-order valence-corrected chi connectivity index (χ3v) is 6.40. The zero-order valence-corrected chi connectivity index (χ0v) is 17.8. The number of amides is 1. The molecule has 160 valence electrons. The highest BCUT2D eigenvalue weighted by molar-refractivity contribution is 7.92. The molecule has 0 radical (unpaired) electrons. The number of para-hydroxylation sites is 1. The molecule has 0 bridgehead atoms. The highest BCUT2D eigenvalue weighted by Crippen LogP contribution is 2.27. The number of sulfonamides is 1. The van der Waals surface area contributed by atoms with Gasteiger partial charge in [-0.3, -0.25) is 19.2 Å². The Balaban J connectivity index is 1.95. The average Bonchev–Trinajstić information content (AvgIpc) is 2.73. The second-order valence-electron chi connectivity index (χ2n) is 6.97. The number of nitrogens with zero attached hydrogens (tertiary/aromatic N) is 2. The normalized spacial score (nSPS) is 11.0. The molecule has 0 spiro atoms. The summed E-state index contributed by atoms with van der Waals surface area (Å²) in [7, 11) is -4.04. The molecule has 0 atom stereocenters. The quantitative estimate of drug-likeness (QED) is 0.441. The molecule has 1 amide bonds. The molecule has 31 heavy (non-hydrogen) atoms. The molecule has 0 fully saturated rings. The number of aryl methyl sites for hydroxylation is 2. The van der Waals surface area contributed by atoms with E-state index >= 15 is 0 Å². The van der Waals surface area contributed by atoms with Crippen molar-refractivity contribution >= 4 is 33.0 Å². The van der Waals surface area contributed by atoms with Gasteiger partial charge in [0.2, 0.25) is 5.91 Å². The summed E-state index contributed by atoms with van der Waals surface area (Å²) in [6.07, 6.45) is 0. The van der Waals surface area contributed by atoms with Crippen molar-refractivity contribution in [3.8, 4) is 0 Å². The predicted octanol–water partition coefficient (Wildman–Crippen LogP) is 4.05. The van der Waals surface area contributed by atoms with Crippen LogP contribution in [0.15, 0.2) is 77.7 Å². The summed E-state index contributed by atoms with van der Waals surface area (Å²) >= 11 is 0. The van der Waals surface area contributed by atoms with E-state index < -0.39 is 27.4 Å². The van der Waals surface area contributed by atoms with Crippen molar-refractivity contribution < 1.29 is 18.1 Å². The van der Waals surface area contributed by atoms with Crippen molar-refractivity contribution in [2.24, 2.45) is 0 Å². The van der Waals surface area contributed by atoms with E-state index in [1.165, 1.54) is 36.4 Å². The first-order chi connectivity index (χ1) is 14.7. The molecule has 9 heteroatoms. The molecular weight excluding hydrogens is 418 g/mol. The van der Waals surface area contributed by atoms with Gasteiger partial charge in [-0.05, 0) is 43.7 Å². The van der Waals surface area contributed by atoms with Crippen molar-refractivity contribution in [1.29, 1.82) is 0 Å². The summed E-state index contributed by atoms with van der Waals surface area (Å²) in [6.45, 7) is 3.11. The smallest absolute Gasteiger partial charge is 0.271 e. The Morgan fingerprint density at radius 3 is 2.32 bits per heavy atom. The molecule has 0 heterocycles. The van der Waals surface area contributed by atoms with E-state index in [-0.39, 0.29) is 16.3 Å². The van der Waals surface area contributed by atoms with Crippen molar-refractivity contribution in [2.75, 3.05) is 16.2 Å². The lowest BCUT2D eigenvalue weighted by atomic mass is 10.2. The monoisotopic (exact) mass is 439 g/mol. The second kappa shape index (κ2) is 8.97. The van der Waals surface area contributed by atoms with Crippen LogP contribution in [0.2, 0.25) is 0 Å². The summed E-state index contributed by atoms with van der Waals surface area (Å²) < 4.78 is 27.8. The highest BCUT2D eigenvalue weighted by Gasteiger charge is 2.28. The maximum absolute atomic E-state index is 13.4.